The summed E-state index contributed by atoms with van der Waals surface area (Å²) < 4.78 is 35.6. The largest absolute Gasteiger partial charge is 0.360 e. The van der Waals surface area contributed by atoms with E-state index in [2.05, 4.69) is 47.0 Å². The van der Waals surface area contributed by atoms with Gasteiger partial charge in [-0.1, -0.05) is 47.1 Å². The Morgan fingerprint density at radius 2 is 1.79 bits per heavy atom. The third-order valence-electron chi connectivity index (χ3n) is 6.94. The molecule has 1 aliphatic heterocycles. The monoisotopic (exact) mass is 497 g/mol. The number of nitrogens with zero attached hydrogens (tertiary/aromatic N) is 3. The van der Waals surface area contributed by atoms with Crippen molar-refractivity contribution in [2.45, 2.75) is 51.0 Å². The van der Waals surface area contributed by atoms with Crippen molar-refractivity contribution in [3.8, 4) is 0 Å². The SMILES string of the molecule is Cc1noc(C)c1S(=O)(=O)N1CCC(c2c(C)n(Cc3cccc(Cl)c3)c3ccccc23)CC1. The third kappa shape index (κ3) is 3.96. The van der Waals surface area contributed by atoms with Gasteiger partial charge in [0.15, 0.2) is 5.76 Å². The van der Waals surface area contributed by atoms with Crippen LogP contribution in [0.1, 0.15) is 47.0 Å². The average Bonchev–Trinajstić information content (AvgIpc) is 3.30. The van der Waals surface area contributed by atoms with Gasteiger partial charge in [0.25, 0.3) is 0 Å². The van der Waals surface area contributed by atoms with Crippen LogP contribution in [0.3, 0.4) is 0 Å². The van der Waals surface area contributed by atoms with Crippen molar-refractivity contribution in [1.29, 1.82) is 0 Å². The summed E-state index contributed by atoms with van der Waals surface area (Å²) in [7, 11) is -3.62. The average molecular weight is 498 g/mol. The van der Waals surface area contributed by atoms with Gasteiger partial charge < -0.3 is 9.09 Å². The standard InChI is InChI=1S/C26H28ClN3O3S/c1-17-26(19(3)33-28-17)34(31,32)29-13-11-21(12-14-29)25-18(2)30(24-10-5-4-9-23(24)25)16-20-7-6-8-22(27)15-20/h4-10,15,21H,11-14,16H2,1-3H3. The number of para-hydroxylation sites is 1. The predicted octanol–water partition coefficient (Wildman–Crippen LogP) is 5.82. The molecule has 3 heterocycles. The van der Waals surface area contributed by atoms with Crippen molar-refractivity contribution in [2.75, 3.05) is 13.1 Å². The Hall–Kier alpha value is -2.61. The van der Waals surface area contributed by atoms with Crippen LogP contribution in [-0.4, -0.2) is 35.5 Å². The zero-order valence-corrected chi connectivity index (χ0v) is 21.2. The molecule has 5 rings (SSSR count). The second kappa shape index (κ2) is 8.87. The first kappa shape index (κ1) is 23.1. The maximum atomic E-state index is 13.3. The molecule has 1 saturated heterocycles. The predicted molar refractivity (Wildman–Crippen MR) is 134 cm³/mol. The van der Waals surface area contributed by atoms with Crippen LogP contribution in [0.15, 0.2) is 57.9 Å². The summed E-state index contributed by atoms with van der Waals surface area (Å²) in [4.78, 5) is 0.209. The maximum Gasteiger partial charge on any atom is 0.248 e. The van der Waals surface area contributed by atoms with E-state index in [1.165, 1.54) is 22.2 Å². The molecule has 1 fully saturated rings. The number of rotatable bonds is 5. The summed E-state index contributed by atoms with van der Waals surface area (Å²) >= 11 is 6.23. The topological polar surface area (TPSA) is 68.3 Å². The molecule has 0 amide bonds. The first-order chi connectivity index (χ1) is 16.3. The molecule has 2 aromatic heterocycles. The van der Waals surface area contributed by atoms with Gasteiger partial charge in [-0.25, -0.2) is 8.42 Å². The van der Waals surface area contributed by atoms with Crippen molar-refractivity contribution in [3.63, 3.8) is 0 Å². The minimum atomic E-state index is -3.62. The fourth-order valence-corrected chi connectivity index (χ4v) is 7.33. The number of benzene rings is 2. The van der Waals surface area contributed by atoms with E-state index in [-0.39, 0.29) is 4.90 Å². The summed E-state index contributed by atoms with van der Waals surface area (Å²) in [6.45, 7) is 7.19. The minimum absolute atomic E-state index is 0.209. The van der Waals surface area contributed by atoms with E-state index in [0.717, 1.165) is 30.0 Å². The van der Waals surface area contributed by atoms with Gasteiger partial charge in [-0.15, -0.1) is 0 Å². The first-order valence-electron chi connectivity index (χ1n) is 11.5. The van der Waals surface area contributed by atoms with Crippen LogP contribution in [0.2, 0.25) is 5.02 Å². The van der Waals surface area contributed by atoms with Crippen LogP contribution in [0.4, 0.5) is 0 Å². The molecule has 2 aromatic carbocycles. The van der Waals surface area contributed by atoms with Crippen molar-refractivity contribution in [3.05, 3.63) is 81.8 Å². The summed E-state index contributed by atoms with van der Waals surface area (Å²) in [5.41, 5.74) is 5.32. The quantitative estimate of drug-likeness (QED) is 0.348. The highest BCUT2D eigenvalue weighted by Crippen LogP contribution is 2.39. The molecule has 0 atom stereocenters. The Morgan fingerprint density at radius 1 is 1.06 bits per heavy atom. The van der Waals surface area contributed by atoms with E-state index in [1.54, 1.807) is 18.2 Å². The Kier molecular flexibility index (Phi) is 6.04. The molecule has 0 spiro atoms. The van der Waals surface area contributed by atoms with Gasteiger partial charge in [-0.05, 0) is 68.9 Å². The molecular weight excluding hydrogens is 470 g/mol. The zero-order chi connectivity index (χ0) is 24.0. The minimum Gasteiger partial charge on any atom is -0.360 e. The number of hydrogen-bond acceptors (Lipinski definition) is 4. The van der Waals surface area contributed by atoms with Gasteiger partial charge in [0.05, 0.1) is 0 Å². The van der Waals surface area contributed by atoms with Crippen molar-refractivity contribution in [2.24, 2.45) is 0 Å². The van der Waals surface area contributed by atoms with Crippen LogP contribution in [0.25, 0.3) is 10.9 Å². The molecule has 8 heteroatoms. The number of hydrogen-bond donors (Lipinski definition) is 0. The van der Waals surface area contributed by atoms with E-state index in [1.807, 2.05) is 18.2 Å². The van der Waals surface area contributed by atoms with E-state index < -0.39 is 10.0 Å². The lowest BCUT2D eigenvalue weighted by Gasteiger charge is -2.31. The van der Waals surface area contributed by atoms with E-state index in [9.17, 15) is 8.42 Å². The van der Waals surface area contributed by atoms with Crippen molar-refractivity contribution < 1.29 is 12.9 Å². The van der Waals surface area contributed by atoms with Gasteiger partial charge in [0.1, 0.15) is 10.6 Å². The molecular formula is C26H28ClN3O3S. The molecule has 1 aliphatic rings. The molecule has 0 N–H and O–H groups in total. The summed E-state index contributed by atoms with van der Waals surface area (Å²) in [6.07, 6.45) is 1.54. The molecule has 0 bridgehead atoms. The molecule has 0 aliphatic carbocycles. The zero-order valence-electron chi connectivity index (χ0n) is 19.6. The lowest BCUT2D eigenvalue weighted by molar-refractivity contribution is 0.318. The molecule has 0 saturated carbocycles. The smallest absolute Gasteiger partial charge is 0.248 e. The van der Waals surface area contributed by atoms with Crippen LogP contribution >= 0.6 is 11.6 Å². The van der Waals surface area contributed by atoms with Gasteiger partial charge in [0, 0.05) is 41.3 Å². The molecule has 0 radical (unpaired) electrons. The fourth-order valence-electron chi connectivity index (χ4n) is 5.35. The summed E-state index contributed by atoms with van der Waals surface area (Å²) in [5.74, 6) is 0.640. The van der Waals surface area contributed by atoms with Crippen molar-refractivity contribution in [1.82, 2.24) is 14.0 Å². The van der Waals surface area contributed by atoms with Crippen LogP contribution in [-0.2, 0) is 16.6 Å². The molecule has 34 heavy (non-hydrogen) atoms. The second-order valence-corrected chi connectivity index (χ2v) is 11.4. The van der Waals surface area contributed by atoms with Gasteiger partial charge >= 0.3 is 0 Å². The lowest BCUT2D eigenvalue weighted by atomic mass is 9.88. The number of aromatic nitrogens is 2. The van der Waals surface area contributed by atoms with Gasteiger partial charge in [0.2, 0.25) is 10.0 Å². The summed E-state index contributed by atoms with van der Waals surface area (Å²) in [5, 5.41) is 5.82. The number of fused-ring (bicyclic) bond motifs is 1. The number of sulfonamides is 1. The summed E-state index contributed by atoms with van der Waals surface area (Å²) in [6, 6.07) is 16.5. The number of piperidine rings is 1. The molecule has 0 unspecified atom stereocenters. The van der Waals surface area contributed by atoms with Gasteiger partial charge in [-0.3, -0.25) is 0 Å². The Bertz CT molecular complexity index is 1440. The normalized spacial score (nSPS) is 15.9. The molecule has 6 nitrogen and oxygen atoms in total. The Morgan fingerprint density at radius 3 is 2.47 bits per heavy atom. The highest BCUT2D eigenvalue weighted by atomic mass is 35.5. The Balaban J connectivity index is 1.44. The number of halogens is 1. The maximum absolute atomic E-state index is 13.3. The first-order valence-corrected chi connectivity index (χ1v) is 13.3. The van der Waals surface area contributed by atoms with Gasteiger partial charge in [-0.2, -0.15) is 4.31 Å². The van der Waals surface area contributed by atoms with E-state index in [0.29, 0.717) is 30.5 Å². The third-order valence-corrected chi connectivity index (χ3v) is 9.32. The Labute approximate surface area is 205 Å². The number of aryl methyl sites for hydroxylation is 2. The lowest BCUT2D eigenvalue weighted by Crippen LogP contribution is -2.38. The second-order valence-electron chi connectivity index (χ2n) is 9.06. The van der Waals surface area contributed by atoms with Crippen LogP contribution in [0.5, 0.6) is 0 Å². The molecule has 178 valence electrons. The van der Waals surface area contributed by atoms with E-state index in [4.69, 9.17) is 16.1 Å². The highest BCUT2D eigenvalue weighted by Gasteiger charge is 2.35. The van der Waals surface area contributed by atoms with E-state index >= 15 is 0 Å². The van der Waals surface area contributed by atoms with Crippen LogP contribution in [0, 0.1) is 20.8 Å². The fraction of sp³-hybridized carbons (Fsp3) is 0.346. The molecule has 4 aromatic rings. The van der Waals surface area contributed by atoms with Crippen molar-refractivity contribution >= 4 is 32.5 Å². The van der Waals surface area contributed by atoms with Crippen LogP contribution < -0.4 is 0 Å². The highest BCUT2D eigenvalue weighted by molar-refractivity contribution is 7.89.